The smallest absolute Gasteiger partial charge is 0.325 e. The van der Waals surface area contributed by atoms with Crippen LogP contribution in [0.2, 0.25) is 0 Å². The van der Waals surface area contributed by atoms with Crippen LogP contribution in [-0.2, 0) is 15.1 Å². The Balaban J connectivity index is 1.48. The lowest BCUT2D eigenvalue weighted by Gasteiger charge is -2.31. The fraction of sp³-hybridized carbons (Fsp3) is 0.136. The van der Waals surface area contributed by atoms with Crippen LogP contribution in [0.5, 0.6) is 0 Å². The molecule has 30 heavy (non-hydrogen) atoms. The van der Waals surface area contributed by atoms with Crippen LogP contribution in [0.3, 0.4) is 0 Å². The number of urea groups is 1. The third kappa shape index (κ3) is 2.72. The van der Waals surface area contributed by atoms with Gasteiger partial charge in [-0.1, -0.05) is 36.0 Å². The standard InChI is InChI=1S/C22H17N3O4S/c1-22(18-11-6-12-29-18)20(27)24(21(28)23-22)13-19(26)25-14-7-2-4-9-16(14)30-17-10-5-3-8-15(17)25/h2-12H,13H2,1H3,(H,23,28)/t22-/m1/s1. The van der Waals surface area contributed by atoms with E-state index in [2.05, 4.69) is 5.32 Å². The maximum atomic E-state index is 13.4. The summed E-state index contributed by atoms with van der Waals surface area (Å²) in [6, 6.07) is 17.8. The zero-order valence-corrected chi connectivity index (χ0v) is 16.8. The second kappa shape index (κ2) is 6.77. The van der Waals surface area contributed by atoms with E-state index in [1.54, 1.807) is 35.7 Å². The topological polar surface area (TPSA) is 82.9 Å². The van der Waals surface area contributed by atoms with Crippen LogP contribution in [0, 0.1) is 0 Å². The molecule has 5 rings (SSSR count). The average molecular weight is 419 g/mol. The van der Waals surface area contributed by atoms with Gasteiger partial charge in [0.25, 0.3) is 11.8 Å². The third-order valence-electron chi connectivity index (χ3n) is 5.26. The Kier molecular flexibility index (Phi) is 4.18. The SMILES string of the molecule is C[C@]1(c2ccco2)NC(=O)N(CC(=O)N2c3ccccc3Sc3ccccc32)C1=O. The predicted molar refractivity (Wildman–Crippen MR) is 110 cm³/mol. The van der Waals surface area contributed by atoms with Gasteiger partial charge in [0.05, 0.1) is 17.6 Å². The molecule has 3 aromatic rings. The van der Waals surface area contributed by atoms with Gasteiger partial charge in [0.2, 0.25) is 0 Å². The van der Waals surface area contributed by atoms with Crippen LogP contribution in [0.15, 0.2) is 81.1 Å². The first-order chi connectivity index (χ1) is 14.5. The van der Waals surface area contributed by atoms with Crippen LogP contribution in [0.1, 0.15) is 12.7 Å². The lowest BCUT2D eigenvalue weighted by molar-refractivity contribution is -0.134. The van der Waals surface area contributed by atoms with Crippen molar-refractivity contribution in [3.63, 3.8) is 0 Å². The largest absolute Gasteiger partial charge is 0.466 e. The van der Waals surface area contributed by atoms with Crippen molar-refractivity contribution in [1.29, 1.82) is 0 Å². The number of fused-ring (bicyclic) bond motifs is 2. The lowest BCUT2D eigenvalue weighted by atomic mass is 9.99. The molecule has 4 amide bonds. The Morgan fingerprint density at radius 2 is 1.63 bits per heavy atom. The molecule has 0 spiro atoms. The predicted octanol–water partition coefficient (Wildman–Crippen LogP) is 3.88. The number of furan rings is 1. The summed E-state index contributed by atoms with van der Waals surface area (Å²) in [4.78, 5) is 43.4. The van der Waals surface area contributed by atoms with Gasteiger partial charge < -0.3 is 9.73 Å². The second-order valence-corrected chi connectivity index (χ2v) is 8.27. The average Bonchev–Trinajstić information content (AvgIpc) is 3.36. The molecule has 8 heteroatoms. The molecule has 0 unspecified atom stereocenters. The van der Waals surface area contributed by atoms with Crippen molar-refractivity contribution in [3.05, 3.63) is 72.7 Å². The summed E-state index contributed by atoms with van der Waals surface area (Å²) in [5, 5.41) is 2.65. The molecule has 1 saturated heterocycles. The van der Waals surface area contributed by atoms with E-state index in [1.807, 2.05) is 48.5 Å². The van der Waals surface area contributed by atoms with E-state index < -0.39 is 17.5 Å². The molecular formula is C22H17N3O4S. The van der Waals surface area contributed by atoms with Crippen molar-refractivity contribution in [2.75, 3.05) is 11.4 Å². The number of hydrogen-bond donors (Lipinski definition) is 1. The van der Waals surface area contributed by atoms with E-state index in [4.69, 9.17) is 4.42 Å². The summed E-state index contributed by atoms with van der Waals surface area (Å²) in [5.74, 6) is -0.577. The summed E-state index contributed by atoms with van der Waals surface area (Å²) >= 11 is 1.58. The molecule has 0 radical (unpaired) electrons. The molecule has 1 atom stereocenters. The Morgan fingerprint density at radius 1 is 1.00 bits per heavy atom. The number of amides is 4. The first-order valence-electron chi connectivity index (χ1n) is 9.36. The zero-order valence-electron chi connectivity index (χ0n) is 16.0. The maximum Gasteiger partial charge on any atom is 0.325 e. The van der Waals surface area contributed by atoms with Crippen LogP contribution >= 0.6 is 11.8 Å². The Morgan fingerprint density at radius 3 is 2.23 bits per heavy atom. The highest BCUT2D eigenvalue weighted by atomic mass is 32.2. The summed E-state index contributed by atoms with van der Waals surface area (Å²) in [6.45, 7) is 1.19. The highest BCUT2D eigenvalue weighted by Crippen LogP contribution is 2.48. The van der Waals surface area contributed by atoms with Gasteiger partial charge in [-0.25, -0.2) is 4.79 Å². The zero-order chi connectivity index (χ0) is 20.9. The van der Waals surface area contributed by atoms with Gasteiger partial charge >= 0.3 is 6.03 Å². The molecular weight excluding hydrogens is 402 g/mol. The fourth-order valence-electron chi connectivity index (χ4n) is 3.75. The van der Waals surface area contributed by atoms with Crippen molar-refractivity contribution in [1.82, 2.24) is 10.2 Å². The molecule has 0 saturated carbocycles. The van der Waals surface area contributed by atoms with Gasteiger partial charge in [-0.05, 0) is 43.3 Å². The number of para-hydroxylation sites is 2. The van der Waals surface area contributed by atoms with Crippen LogP contribution in [0.4, 0.5) is 16.2 Å². The van der Waals surface area contributed by atoms with Crippen molar-refractivity contribution >= 4 is 41.0 Å². The number of nitrogens with zero attached hydrogens (tertiary/aromatic N) is 2. The van der Waals surface area contributed by atoms with Crippen LogP contribution in [-0.4, -0.2) is 29.3 Å². The minimum absolute atomic E-state index is 0.320. The van der Waals surface area contributed by atoms with E-state index >= 15 is 0 Å². The number of anilines is 2. The van der Waals surface area contributed by atoms with Crippen LogP contribution in [0.25, 0.3) is 0 Å². The molecule has 7 nitrogen and oxygen atoms in total. The highest BCUT2D eigenvalue weighted by molar-refractivity contribution is 7.99. The van der Waals surface area contributed by atoms with Crippen LogP contribution < -0.4 is 10.2 Å². The third-order valence-corrected chi connectivity index (χ3v) is 6.39. The van der Waals surface area contributed by atoms with Crippen molar-refractivity contribution in [2.24, 2.45) is 0 Å². The van der Waals surface area contributed by atoms with Crippen molar-refractivity contribution in [2.45, 2.75) is 22.3 Å². The summed E-state index contributed by atoms with van der Waals surface area (Å²) in [7, 11) is 0. The van der Waals surface area contributed by atoms with Gasteiger partial charge in [0.15, 0.2) is 5.54 Å². The molecule has 2 aliphatic heterocycles. The summed E-state index contributed by atoms with van der Waals surface area (Å²) in [6.07, 6.45) is 1.44. The number of hydrogen-bond acceptors (Lipinski definition) is 5. The molecule has 150 valence electrons. The van der Waals surface area contributed by atoms with Gasteiger partial charge in [-0.15, -0.1) is 0 Å². The summed E-state index contributed by atoms with van der Waals surface area (Å²) in [5.41, 5.74) is 0.119. The first-order valence-corrected chi connectivity index (χ1v) is 10.2. The van der Waals surface area contributed by atoms with Crippen molar-refractivity contribution < 1.29 is 18.8 Å². The fourth-order valence-corrected chi connectivity index (χ4v) is 4.81. The first kappa shape index (κ1) is 18.5. The molecule has 1 fully saturated rings. The van der Waals surface area contributed by atoms with Gasteiger partial charge in [0, 0.05) is 9.79 Å². The Hall–Kier alpha value is -3.52. The molecule has 2 aromatic carbocycles. The van der Waals surface area contributed by atoms with E-state index in [-0.39, 0.29) is 12.5 Å². The molecule has 0 aliphatic carbocycles. The molecule has 0 bridgehead atoms. The normalized spacial score (nSPS) is 20.0. The number of benzene rings is 2. The quantitative estimate of drug-likeness (QED) is 0.652. The van der Waals surface area contributed by atoms with E-state index in [9.17, 15) is 14.4 Å². The van der Waals surface area contributed by atoms with Gasteiger partial charge in [-0.3, -0.25) is 19.4 Å². The summed E-state index contributed by atoms with van der Waals surface area (Å²) < 4.78 is 5.34. The maximum absolute atomic E-state index is 13.4. The monoisotopic (exact) mass is 419 g/mol. The molecule has 1 aromatic heterocycles. The minimum atomic E-state index is -1.34. The minimum Gasteiger partial charge on any atom is -0.466 e. The van der Waals surface area contributed by atoms with Gasteiger partial charge in [0.1, 0.15) is 12.3 Å². The number of carbonyl (C=O) groups is 3. The number of rotatable bonds is 3. The second-order valence-electron chi connectivity index (χ2n) is 7.19. The lowest BCUT2D eigenvalue weighted by Crippen LogP contribution is -2.43. The Bertz CT molecular complexity index is 1130. The van der Waals surface area contributed by atoms with Crippen molar-refractivity contribution in [3.8, 4) is 0 Å². The molecule has 1 N–H and O–H groups in total. The Labute approximate surface area is 176 Å². The molecule has 3 heterocycles. The highest BCUT2D eigenvalue weighted by Gasteiger charge is 2.51. The molecule has 2 aliphatic rings. The number of nitrogens with one attached hydrogen (secondary N) is 1. The van der Waals surface area contributed by atoms with Gasteiger partial charge in [-0.2, -0.15) is 0 Å². The van der Waals surface area contributed by atoms with E-state index in [0.29, 0.717) is 5.76 Å². The number of carbonyl (C=O) groups excluding carboxylic acids is 3. The van der Waals surface area contributed by atoms with E-state index in [1.165, 1.54) is 6.26 Å². The number of imide groups is 1. The van der Waals surface area contributed by atoms with E-state index in [0.717, 1.165) is 26.1 Å².